The summed E-state index contributed by atoms with van der Waals surface area (Å²) in [5.41, 5.74) is 4.38. The molecule has 1 fully saturated rings. The van der Waals surface area contributed by atoms with Gasteiger partial charge in [-0.15, -0.1) is 0 Å². The smallest absolute Gasteiger partial charge is 0.291 e. The molecule has 1 aromatic carbocycles. The summed E-state index contributed by atoms with van der Waals surface area (Å²) in [6, 6.07) is 5.87. The second kappa shape index (κ2) is 8.39. The zero-order valence-corrected chi connectivity index (χ0v) is 17.5. The van der Waals surface area contributed by atoms with E-state index in [1.807, 2.05) is 41.5 Å². The number of benzene rings is 1. The molecule has 0 bridgehead atoms. The lowest BCUT2D eigenvalue weighted by atomic mass is 10.1. The SMILES string of the molecule is Cc1cccc(NC(=O)c2nc(C(=O)N3CCCCCC3)c3n2CCCC3)c1C. The number of carbonyl (C=O) groups excluding carboxylic acids is 2. The molecular formula is C23H30N4O2. The van der Waals surface area contributed by atoms with E-state index in [9.17, 15) is 9.59 Å². The summed E-state index contributed by atoms with van der Waals surface area (Å²) in [5, 5.41) is 3.01. The minimum absolute atomic E-state index is 0.0108. The monoisotopic (exact) mass is 394 g/mol. The molecule has 154 valence electrons. The molecule has 2 aliphatic heterocycles. The van der Waals surface area contributed by atoms with Crippen molar-refractivity contribution in [3.63, 3.8) is 0 Å². The largest absolute Gasteiger partial charge is 0.337 e. The number of hydrogen-bond acceptors (Lipinski definition) is 3. The first-order chi connectivity index (χ1) is 14.1. The summed E-state index contributed by atoms with van der Waals surface area (Å²) >= 11 is 0. The molecule has 0 aliphatic carbocycles. The van der Waals surface area contributed by atoms with Gasteiger partial charge in [0.2, 0.25) is 0 Å². The maximum absolute atomic E-state index is 13.2. The van der Waals surface area contributed by atoms with Gasteiger partial charge in [0.05, 0.1) is 5.69 Å². The van der Waals surface area contributed by atoms with Crippen LogP contribution in [0.2, 0.25) is 0 Å². The molecule has 1 aromatic heterocycles. The van der Waals surface area contributed by atoms with Crippen LogP contribution < -0.4 is 5.32 Å². The van der Waals surface area contributed by atoms with Gasteiger partial charge >= 0.3 is 0 Å². The van der Waals surface area contributed by atoms with Gasteiger partial charge < -0.3 is 14.8 Å². The van der Waals surface area contributed by atoms with Crippen LogP contribution in [0.3, 0.4) is 0 Å². The van der Waals surface area contributed by atoms with Crippen molar-refractivity contribution in [3.8, 4) is 0 Å². The molecule has 29 heavy (non-hydrogen) atoms. The van der Waals surface area contributed by atoms with Gasteiger partial charge in [0, 0.05) is 25.3 Å². The minimum atomic E-state index is -0.239. The predicted octanol–water partition coefficient (Wildman–Crippen LogP) is 4.10. The zero-order valence-electron chi connectivity index (χ0n) is 17.5. The molecule has 3 heterocycles. The number of nitrogens with zero attached hydrogens (tertiary/aromatic N) is 3. The minimum Gasteiger partial charge on any atom is -0.337 e. The molecule has 0 spiro atoms. The summed E-state index contributed by atoms with van der Waals surface area (Å²) < 4.78 is 1.97. The third-order valence-corrected chi connectivity index (χ3v) is 6.27. The molecule has 0 saturated carbocycles. The summed E-state index contributed by atoms with van der Waals surface area (Å²) in [7, 11) is 0. The first kappa shape index (κ1) is 19.7. The van der Waals surface area contributed by atoms with Crippen LogP contribution in [0.25, 0.3) is 0 Å². The highest BCUT2D eigenvalue weighted by atomic mass is 16.2. The molecule has 1 saturated heterocycles. The third kappa shape index (κ3) is 3.93. The van der Waals surface area contributed by atoms with Crippen LogP contribution in [-0.4, -0.2) is 39.4 Å². The normalized spacial score (nSPS) is 16.8. The topological polar surface area (TPSA) is 67.2 Å². The highest BCUT2D eigenvalue weighted by Gasteiger charge is 2.30. The van der Waals surface area contributed by atoms with Crippen LogP contribution in [0.15, 0.2) is 18.2 Å². The lowest BCUT2D eigenvalue weighted by molar-refractivity contribution is 0.0754. The lowest BCUT2D eigenvalue weighted by Crippen LogP contribution is -2.33. The van der Waals surface area contributed by atoms with Crippen molar-refractivity contribution in [1.82, 2.24) is 14.5 Å². The Hall–Kier alpha value is -2.63. The molecule has 6 heteroatoms. The number of likely N-dealkylation sites (tertiary alicyclic amines) is 1. The Bertz CT molecular complexity index is 923. The quantitative estimate of drug-likeness (QED) is 0.852. The molecule has 1 N–H and O–H groups in total. The second-order valence-corrected chi connectivity index (χ2v) is 8.25. The Kier molecular flexibility index (Phi) is 5.69. The van der Waals surface area contributed by atoms with Crippen LogP contribution in [0.5, 0.6) is 0 Å². The number of aromatic nitrogens is 2. The fraction of sp³-hybridized carbons (Fsp3) is 0.522. The lowest BCUT2D eigenvalue weighted by Gasteiger charge is -2.21. The van der Waals surface area contributed by atoms with Crippen molar-refractivity contribution < 1.29 is 9.59 Å². The maximum atomic E-state index is 13.2. The van der Waals surface area contributed by atoms with E-state index in [1.165, 1.54) is 12.8 Å². The Morgan fingerprint density at radius 1 is 0.966 bits per heavy atom. The number of rotatable bonds is 3. The van der Waals surface area contributed by atoms with E-state index in [0.29, 0.717) is 11.5 Å². The van der Waals surface area contributed by atoms with Crippen molar-refractivity contribution >= 4 is 17.5 Å². The van der Waals surface area contributed by atoms with Crippen molar-refractivity contribution in [2.24, 2.45) is 0 Å². The molecule has 6 nitrogen and oxygen atoms in total. The average Bonchev–Trinajstić information content (AvgIpc) is 2.90. The van der Waals surface area contributed by atoms with Gasteiger partial charge in [0.25, 0.3) is 11.8 Å². The van der Waals surface area contributed by atoms with Gasteiger partial charge in [0.15, 0.2) is 5.82 Å². The number of nitrogens with one attached hydrogen (secondary N) is 1. The molecule has 4 rings (SSSR count). The van der Waals surface area contributed by atoms with Crippen molar-refractivity contribution in [2.45, 2.75) is 65.3 Å². The standard InChI is InChI=1S/C23H30N4O2/c1-16-10-9-11-18(17(16)2)24-22(28)21-25-20(19-12-5-8-15-27(19)21)23(29)26-13-6-3-4-7-14-26/h9-11H,3-8,12-15H2,1-2H3,(H,24,28). The zero-order chi connectivity index (χ0) is 20.4. The number of amides is 2. The number of hydrogen-bond donors (Lipinski definition) is 1. The molecule has 2 aromatic rings. The molecule has 0 radical (unpaired) electrons. The Morgan fingerprint density at radius 2 is 1.69 bits per heavy atom. The van der Waals surface area contributed by atoms with E-state index in [-0.39, 0.29) is 11.8 Å². The first-order valence-corrected chi connectivity index (χ1v) is 10.8. The van der Waals surface area contributed by atoms with Gasteiger partial charge in [-0.1, -0.05) is 25.0 Å². The van der Waals surface area contributed by atoms with E-state index in [2.05, 4.69) is 10.3 Å². The number of imidazole rings is 1. The van der Waals surface area contributed by atoms with E-state index < -0.39 is 0 Å². The van der Waals surface area contributed by atoms with Gasteiger partial charge in [-0.25, -0.2) is 4.98 Å². The fourth-order valence-corrected chi connectivity index (χ4v) is 4.38. The molecule has 0 atom stereocenters. The summed E-state index contributed by atoms with van der Waals surface area (Å²) in [6.45, 7) is 6.34. The Labute approximate surface area is 172 Å². The Morgan fingerprint density at radius 3 is 2.45 bits per heavy atom. The predicted molar refractivity (Wildman–Crippen MR) is 113 cm³/mol. The van der Waals surface area contributed by atoms with Crippen LogP contribution in [0.4, 0.5) is 5.69 Å². The third-order valence-electron chi connectivity index (χ3n) is 6.27. The van der Waals surface area contributed by atoms with Gasteiger partial charge in [-0.2, -0.15) is 0 Å². The van der Waals surface area contributed by atoms with E-state index in [1.54, 1.807) is 0 Å². The molecule has 2 aliphatic rings. The number of fused-ring (bicyclic) bond motifs is 1. The molecular weight excluding hydrogens is 364 g/mol. The van der Waals surface area contributed by atoms with Crippen molar-refractivity contribution in [1.29, 1.82) is 0 Å². The summed E-state index contributed by atoms with van der Waals surface area (Å²) in [4.78, 5) is 32.9. The first-order valence-electron chi connectivity index (χ1n) is 10.8. The van der Waals surface area contributed by atoms with Crippen molar-refractivity contribution in [2.75, 3.05) is 18.4 Å². The van der Waals surface area contributed by atoms with Gasteiger partial charge in [-0.3, -0.25) is 9.59 Å². The van der Waals surface area contributed by atoms with E-state index >= 15 is 0 Å². The molecule has 2 amide bonds. The summed E-state index contributed by atoms with van der Waals surface area (Å²) in [5.74, 6) is 0.110. The van der Waals surface area contributed by atoms with Crippen LogP contribution in [0, 0.1) is 13.8 Å². The number of carbonyl (C=O) groups is 2. The highest BCUT2D eigenvalue weighted by molar-refractivity contribution is 6.04. The number of anilines is 1. The van der Waals surface area contributed by atoms with Crippen LogP contribution in [0.1, 0.15) is 76.5 Å². The van der Waals surface area contributed by atoms with Gasteiger partial charge in [0.1, 0.15) is 5.69 Å². The maximum Gasteiger partial charge on any atom is 0.291 e. The highest BCUT2D eigenvalue weighted by Crippen LogP contribution is 2.25. The van der Waals surface area contributed by atoms with Crippen molar-refractivity contribution in [3.05, 3.63) is 46.5 Å². The fourth-order valence-electron chi connectivity index (χ4n) is 4.38. The second-order valence-electron chi connectivity index (χ2n) is 8.25. The number of aryl methyl sites for hydroxylation is 1. The van der Waals surface area contributed by atoms with Gasteiger partial charge in [-0.05, 0) is 63.1 Å². The summed E-state index contributed by atoms with van der Waals surface area (Å²) in [6.07, 6.45) is 7.28. The Balaban J connectivity index is 1.64. The van der Waals surface area contributed by atoms with E-state index in [4.69, 9.17) is 0 Å². The van der Waals surface area contributed by atoms with Crippen LogP contribution >= 0.6 is 0 Å². The van der Waals surface area contributed by atoms with E-state index in [0.717, 1.165) is 74.2 Å². The van der Waals surface area contributed by atoms with Crippen LogP contribution in [-0.2, 0) is 13.0 Å². The molecule has 0 unspecified atom stereocenters. The average molecular weight is 395 g/mol.